The molecule has 0 atom stereocenters. The molecule has 0 aliphatic heterocycles. The summed E-state index contributed by atoms with van der Waals surface area (Å²) in [5, 5.41) is 10.9. The molecule has 1 aromatic carbocycles. The molecule has 0 fully saturated rings. The number of aromatic nitrogens is 2. The number of carbonyl (C=O) groups is 1. The maximum Gasteiger partial charge on any atom is 0.256 e. The van der Waals surface area contributed by atoms with Crippen molar-refractivity contribution in [2.45, 2.75) is 13.8 Å². The number of rotatable bonds is 6. The first-order valence-corrected chi connectivity index (χ1v) is 7.22. The fraction of sp³-hybridized carbons (Fsp3) is 0.312. The summed E-state index contributed by atoms with van der Waals surface area (Å²) in [7, 11) is 1.59. The SMILES string of the molecule is CCN(CC)c1ccc(NC(=O)c2ccc(OC)cc2)nn1. The first-order valence-electron chi connectivity index (χ1n) is 7.22. The van der Waals surface area contributed by atoms with E-state index in [1.807, 2.05) is 6.07 Å². The molecule has 2 rings (SSSR count). The predicted octanol–water partition coefficient (Wildman–Crippen LogP) is 2.58. The standard InChI is InChI=1S/C16H20N4O2/c1-4-20(5-2)15-11-10-14(18-19-15)17-16(21)12-6-8-13(22-3)9-7-12/h6-11H,4-5H2,1-3H3,(H,17,18,21). The van der Waals surface area contributed by atoms with Gasteiger partial charge in [-0.2, -0.15) is 0 Å². The summed E-state index contributed by atoms with van der Waals surface area (Å²) in [6, 6.07) is 10.5. The van der Waals surface area contributed by atoms with E-state index in [2.05, 4.69) is 34.3 Å². The first kappa shape index (κ1) is 15.8. The van der Waals surface area contributed by atoms with Gasteiger partial charge in [-0.05, 0) is 50.2 Å². The first-order chi connectivity index (χ1) is 10.7. The minimum Gasteiger partial charge on any atom is -0.497 e. The van der Waals surface area contributed by atoms with Crippen molar-refractivity contribution in [2.24, 2.45) is 0 Å². The van der Waals surface area contributed by atoms with E-state index in [1.165, 1.54) is 0 Å². The second kappa shape index (κ2) is 7.40. The lowest BCUT2D eigenvalue weighted by Gasteiger charge is -2.18. The number of hydrogen-bond acceptors (Lipinski definition) is 5. The Morgan fingerprint density at radius 1 is 1.09 bits per heavy atom. The van der Waals surface area contributed by atoms with Crippen molar-refractivity contribution >= 4 is 17.5 Å². The summed E-state index contributed by atoms with van der Waals surface area (Å²) in [5.41, 5.74) is 0.537. The smallest absolute Gasteiger partial charge is 0.256 e. The molecule has 0 unspecified atom stereocenters. The van der Waals surface area contributed by atoms with Gasteiger partial charge in [0.2, 0.25) is 0 Å². The van der Waals surface area contributed by atoms with Gasteiger partial charge in [-0.25, -0.2) is 0 Å². The van der Waals surface area contributed by atoms with Crippen molar-refractivity contribution in [1.82, 2.24) is 10.2 Å². The molecule has 1 aromatic heterocycles. The molecule has 0 aliphatic carbocycles. The average Bonchev–Trinajstić information content (AvgIpc) is 2.57. The van der Waals surface area contributed by atoms with Gasteiger partial charge in [-0.3, -0.25) is 4.79 Å². The molecular formula is C16H20N4O2. The van der Waals surface area contributed by atoms with E-state index in [0.717, 1.165) is 18.9 Å². The van der Waals surface area contributed by atoms with Gasteiger partial charge < -0.3 is 15.0 Å². The fourth-order valence-electron chi connectivity index (χ4n) is 2.04. The molecule has 0 radical (unpaired) electrons. The van der Waals surface area contributed by atoms with E-state index in [9.17, 15) is 4.79 Å². The number of benzene rings is 1. The molecule has 1 N–H and O–H groups in total. The van der Waals surface area contributed by atoms with E-state index in [-0.39, 0.29) is 5.91 Å². The summed E-state index contributed by atoms with van der Waals surface area (Å²) in [4.78, 5) is 14.2. The van der Waals surface area contributed by atoms with Gasteiger partial charge in [0.15, 0.2) is 11.6 Å². The molecule has 0 saturated heterocycles. The van der Waals surface area contributed by atoms with Gasteiger partial charge in [0.25, 0.3) is 5.91 Å². The molecular weight excluding hydrogens is 280 g/mol. The van der Waals surface area contributed by atoms with Crippen LogP contribution in [-0.2, 0) is 0 Å². The number of carbonyl (C=O) groups excluding carboxylic acids is 1. The van der Waals surface area contributed by atoms with E-state index in [4.69, 9.17) is 4.74 Å². The second-order valence-electron chi connectivity index (χ2n) is 4.63. The zero-order valence-corrected chi connectivity index (χ0v) is 13.0. The molecule has 6 heteroatoms. The Hall–Kier alpha value is -2.63. The lowest BCUT2D eigenvalue weighted by atomic mass is 10.2. The molecule has 0 saturated carbocycles. The maximum absolute atomic E-state index is 12.1. The van der Waals surface area contributed by atoms with Crippen LogP contribution >= 0.6 is 0 Å². The number of ether oxygens (including phenoxy) is 1. The van der Waals surface area contributed by atoms with Gasteiger partial charge in [0, 0.05) is 18.7 Å². The van der Waals surface area contributed by atoms with Gasteiger partial charge in [-0.1, -0.05) is 0 Å². The van der Waals surface area contributed by atoms with Crippen molar-refractivity contribution in [3.05, 3.63) is 42.0 Å². The Kier molecular flexibility index (Phi) is 5.30. The zero-order valence-electron chi connectivity index (χ0n) is 13.0. The lowest BCUT2D eigenvalue weighted by Crippen LogP contribution is -2.23. The van der Waals surface area contributed by atoms with E-state index in [0.29, 0.717) is 17.1 Å². The minimum absolute atomic E-state index is 0.229. The van der Waals surface area contributed by atoms with Crippen LogP contribution in [0.5, 0.6) is 5.75 Å². The highest BCUT2D eigenvalue weighted by molar-refractivity contribution is 6.03. The van der Waals surface area contributed by atoms with Crippen molar-refractivity contribution in [3.8, 4) is 5.75 Å². The van der Waals surface area contributed by atoms with Gasteiger partial charge >= 0.3 is 0 Å². The third-order valence-corrected chi connectivity index (χ3v) is 3.33. The molecule has 116 valence electrons. The Bertz CT molecular complexity index is 607. The Morgan fingerprint density at radius 3 is 2.27 bits per heavy atom. The van der Waals surface area contributed by atoms with Crippen LogP contribution in [0.15, 0.2) is 36.4 Å². The highest BCUT2D eigenvalue weighted by atomic mass is 16.5. The lowest BCUT2D eigenvalue weighted by molar-refractivity contribution is 0.102. The number of anilines is 2. The largest absolute Gasteiger partial charge is 0.497 e. The van der Waals surface area contributed by atoms with Crippen LogP contribution in [0, 0.1) is 0 Å². The van der Waals surface area contributed by atoms with E-state index >= 15 is 0 Å². The molecule has 22 heavy (non-hydrogen) atoms. The number of methoxy groups -OCH3 is 1. The highest BCUT2D eigenvalue weighted by Crippen LogP contribution is 2.14. The third kappa shape index (κ3) is 3.72. The molecule has 0 aliphatic rings. The van der Waals surface area contributed by atoms with E-state index in [1.54, 1.807) is 37.4 Å². The van der Waals surface area contributed by atoms with Gasteiger partial charge in [0.1, 0.15) is 5.75 Å². The van der Waals surface area contributed by atoms with Crippen LogP contribution in [0.3, 0.4) is 0 Å². The number of hydrogen-bond donors (Lipinski definition) is 1. The molecule has 0 spiro atoms. The Morgan fingerprint density at radius 2 is 1.77 bits per heavy atom. The van der Waals surface area contributed by atoms with Crippen LogP contribution in [0.2, 0.25) is 0 Å². The van der Waals surface area contributed by atoms with Crippen molar-refractivity contribution in [3.63, 3.8) is 0 Å². The van der Waals surface area contributed by atoms with Crippen molar-refractivity contribution < 1.29 is 9.53 Å². The van der Waals surface area contributed by atoms with Crippen molar-refractivity contribution in [2.75, 3.05) is 30.4 Å². The van der Waals surface area contributed by atoms with Crippen LogP contribution in [0.25, 0.3) is 0 Å². The van der Waals surface area contributed by atoms with Crippen LogP contribution in [-0.4, -0.2) is 36.3 Å². The third-order valence-electron chi connectivity index (χ3n) is 3.33. The average molecular weight is 300 g/mol. The summed E-state index contributed by atoms with van der Waals surface area (Å²) < 4.78 is 5.07. The van der Waals surface area contributed by atoms with Crippen LogP contribution in [0.1, 0.15) is 24.2 Å². The van der Waals surface area contributed by atoms with Crippen molar-refractivity contribution in [1.29, 1.82) is 0 Å². The highest BCUT2D eigenvalue weighted by Gasteiger charge is 2.09. The maximum atomic E-state index is 12.1. The fourth-order valence-corrected chi connectivity index (χ4v) is 2.04. The molecule has 6 nitrogen and oxygen atoms in total. The monoisotopic (exact) mass is 300 g/mol. The Labute approximate surface area is 130 Å². The second-order valence-corrected chi connectivity index (χ2v) is 4.63. The number of nitrogens with zero attached hydrogens (tertiary/aromatic N) is 3. The summed E-state index contributed by atoms with van der Waals surface area (Å²) in [6.07, 6.45) is 0. The topological polar surface area (TPSA) is 67.4 Å². The van der Waals surface area contributed by atoms with Gasteiger partial charge in [-0.15, -0.1) is 10.2 Å². The zero-order chi connectivity index (χ0) is 15.9. The summed E-state index contributed by atoms with van der Waals surface area (Å²) in [5.74, 6) is 1.71. The normalized spacial score (nSPS) is 10.1. The summed E-state index contributed by atoms with van der Waals surface area (Å²) in [6.45, 7) is 5.85. The quantitative estimate of drug-likeness (QED) is 0.888. The van der Waals surface area contributed by atoms with E-state index < -0.39 is 0 Å². The Balaban J connectivity index is 2.04. The molecule has 1 amide bonds. The molecule has 1 heterocycles. The molecule has 2 aromatic rings. The number of amides is 1. The summed E-state index contributed by atoms with van der Waals surface area (Å²) >= 11 is 0. The van der Waals surface area contributed by atoms with Crippen LogP contribution < -0.4 is 15.0 Å². The van der Waals surface area contributed by atoms with Crippen LogP contribution in [0.4, 0.5) is 11.6 Å². The number of nitrogens with one attached hydrogen (secondary N) is 1. The predicted molar refractivity (Wildman–Crippen MR) is 86.5 cm³/mol. The van der Waals surface area contributed by atoms with Gasteiger partial charge in [0.05, 0.1) is 7.11 Å². The molecule has 0 bridgehead atoms. The minimum atomic E-state index is -0.229.